The average molecular weight is 400 g/mol. The number of nitrogens with one attached hydrogen (secondary N) is 1. The fourth-order valence-electron chi connectivity index (χ4n) is 3.57. The average Bonchev–Trinajstić information content (AvgIpc) is 3.11. The van der Waals surface area contributed by atoms with Crippen LogP contribution >= 0.6 is 0 Å². The zero-order chi connectivity index (χ0) is 19.6. The molecule has 2 heterocycles. The largest absolute Gasteiger partial charge is 0.381 e. The molecule has 0 saturated carbocycles. The van der Waals surface area contributed by atoms with Crippen molar-refractivity contribution in [2.24, 2.45) is 5.92 Å². The molecule has 1 N–H and O–H groups in total. The molecule has 0 spiro atoms. The van der Waals surface area contributed by atoms with Gasteiger partial charge in [0.15, 0.2) is 0 Å². The van der Waals surface area contributed by atoms with Gasteiger partial charge in [-0.3, -0.25) is 9.40 Å². The second-order valence-electron chi connectivity index (χ2n) is 7.26. The molecule has 1 saturated heterocycles. The van der Waals surface area contributed by atoms with E-state index in [2.05, 4.69) is 16.7 Å². The van der Waals surface area contributed by atoms with E-state index in [-0.39, 0.29) is 4.90 Å². The van der Waals surface area contributed by atoms with Crippen molar-refractivity contribution in [1.82, 2.24) is 9.78 Å². The molecule has 1 aromatic heterocycles. The SMILES string of the molecule is CCc1ccc(NS(=O)(=O)c2ccc3c(cnn3CC3CCOCC3)c2)cc1. The number of nitrogens with zero attached hydrogens (tertiary/aromatic N) is 2. The van der Waals surface area contributed by atoms with Crippen LogP contribution in [0.25, 0.3) is 10.9 Å². The van der Waals surface area contributed by atoms with Gasteiger partial charge >= 0.3 is 0 Å². The molecule has 4 rings (SSSR count). The van der Waals surface area contributed by atoms with E-state index >= 15 is 0 Å². The zero-order valence-corrected chi connectivity index (χ0v) is 16.8. The van der Waals surface area contributed by atoms with Crippen LogP contribution in [0.4, 0.5) is 5.69 Å². The molecule has 1 aliphatic heterocycles. The Bertz CT molecular complexity index is 1050. The normalized spacial score (nSPS) is 15.8. The van der Waals surface area contributed by atoms with Gasteiger partial charge in [0, 0.05) is 30.8 Å². The number of hydrogen-bond donors (Lipinski definition) is 1. The van der Waals surface area contributed by atoms with E-state index in [1.807, 2.05) is 22.9 Å². The summed E-state index contributed by atoms with van der Waals surface area (Å²) >= 11 is 0. The van der Waals surface area contributed by atoms with Crippen molar-refractivity contribution in [1.29, 1.82) is 0 Å². The van der Waals surface area contributed by atoms with E-state index < -0.39 is 10.0 Å². The topological polar surface area (TPSA) is 73.2 Å². The molecule has 0 aliphatic carbocycles. The minimum atomic E-state index is -3.65. The van der Waals surface area contributed by atoms with Gasteiger partial charge in [0.25, 0.3) is 10.0 Å². The molecule has 6 nitrogen and oxygen atoms in total. The number of ether oxygens (including phenoxy) is 1. The highest BCUT2D eigenvalue weighted by Gasteiger charge is 2.18. The van der Waals surface area contributed by atoms with Gasteiger partial charge in [-0.15, -0.1) is 0 Å². The number of aryl methyl sites for hydroxylation is 1. The van der Waals surface area contributed by atoms with Crippen LogP contribution in [0.1, 0.15) is 25.3 Å². The van der Waals surface area contributed by atoms with Gasteiger partial charge < -0.3 is 4.74 Å². The summed E-state index contributed by atoms with van der Waals surface area (Å²) < 4.78 is 35.6. The first-order valence-corrected chi connectivity index (χ1v) is 11.2. The Morgan fingerprint density at radius 1 is 1.14 bits per heavy atom. The number of rotatable bonds is 6. The molecule has 0 bridgehead atoms. The predicted octanol–water partition coefficient (Wildman–Crippen LogP) is 3.83. The molecular formula is C21H25N3O3S. The monoisotopic (exact) mass is 399 g/mol. The molecular weight excluding hydrogens is 374 g/mol. The van der Waals surface area contributed by atoms with E-state index in [9.17, 15) is 8.42 Å². The van der Waals surface area contributed by atoms with E-state index in [4.69, 9.17) is 4.74 Å². The van der Waals surface area contributed by atoms with E-state index in [0.717, 1.165) is 49.9 Å². The standard InChI is InChI=1S/C21H25N3O3S/c1-2-16-3-5-19(6-4-16)23-28(25,26)20-7-8-21-18(13-20)14-22-24(21)15-17-9-11-27-12-10-17/h3-8,13-14,17,23H,2,9-12,15H2,1H3. The molecule has 0 unspecified atom stereocenters. The van der Waals surface area contributed by atoms with Crippen LogP contribution in [-0.4, -0.2) is 31.4 Å². The van der Waals surface area contributed by atoms with E-state index in [0.29, 0.717) is 11.6 Å². The summed E-state index contributed by atoms with van der Waals surface area (Å²) in [5.74, 6) is 0.549. The lowest BCUT2D eigenvalue weighted by Crippen LogP contribution is -2.20. The molecule has 0 atom stereocenters. The summed E-state index contributed by atoms with van der Waals surface area (Å²) in [6, 6.07) is 12.6. The molecule has 1 fully saturated rings. The number of anilines is 1. The second kappa shape index (κ2) is 7.93. The smallest absolute Gasteiger partial charge is 0.261 e. The summed E-state index contributed by atoms with van der Waals surface area (Å²) in [4.78, 5) is 0.241. The molecule has 7 heteroatoms. The Balaban J connectivity index is 1.54. The van der Waals surface area contributed by atoms with Crippen LogP contribution in [0.3, 0.4) is 0 Å². The van der Waals surface area contributed by atoms with Crippen molar-refractivity contribution in [2.75, 3.05) is 17.9 Å². The molecule has 148 valence electrons. The third kappa shape index (κ3) is 4.05. The number of aromatic nitrogens is 2. The van der Waals surface area contributed by atoms with Crippen molar-refractivity contribution in [2.45, 2.75) is 37.6 Å². The first-order chi connectivity index (χ1) is 13.5. The van der Waals surface area contributed by atoms with Crippen molar-refractivity contribution in [3.63, 3.8) is 0 Å². The fraction of sp³-hybridized carbons (Fsp3) is 0.381. The highest BCUT2D eigenvalue weighted by atomic mass is 32.2. The molecule has 2 aromatic carbocycles. The number of fused-ring (bicyclic) bond motifs is 1. The van der Waals surface area contributed by atoms with Crippen LogP contribution in [0.2, 0.25) is 0 Å². The van der Waals surface area contributed by atoms with Gasteiger partial charge in [-0.1, -0.05) is 19.1 Å². The summed E-state index contributed by atoms with van der Waals surface area (Å²) in [6.07, 6.45) is 4.73. The number of hydrogen-bond acceptors (Lipinski definition) is 4. The first-order valence-electron chi connectivity index (χ1n) is 9.70. The van der Waals surface area contributed by atoms with Gasteiger partial charge in [0.1, 0.15) is 0 Å². The van der Waals surface area contributed by atoms with E-state index in [1.165, 1.54) is 5.56 Å². The van der Waals surface area contributed by atoms with Crippen LogP contribution in [0, 0.1) is 5.92 Å². The zero-order valence-electron chi connectivity index (χ0n) is 16.0. The highest BCUT2D eigenvalue weighted by molar-refractivity contribution is 7.92. The summed E-state index contributed by atoms with van der Waals surface area (Å²) in [5.41, 5.74) is 2.69. The van der Waals surface area contributed by atoms with Crippen molar-refractivity contribution >= 4 is 26.6 Å². The van der Waals surface area contributed by atoms with Crippen molar-refractivity contribution in [3.8, 4) is 0 Å². The Kier molecular flexibility index (Phi) is 5.37. The summed E-state index contributed by atoms with van der Waals surface area (Å²) in [6.45, 7) is 4.51. The highest BCUT2D eigenvalue weighted by Crippen LogP contribution is 2.24. The lowest BCUT2D eigenvalue weighted by Gasteiger charge is -2.22. The fourth-order valence-corrected chi connectivity index (χ4v) is 4.67. The minimum absolute atomic E-state index is 0.241. The van der Waals surface area contributed by atoms with Gasteiger partial charge in [-0.2, -0.15) is 5.10 Å². The Hall–Kier alpha value is -2.38. The van der Waals surface area contributed by atoms with Gasteiger partial charge in [-0.05, 0) is 61.1 Å². The predicted molar refractivity (Wildman–Crippen MR) is 110 cm³/mol. The lowest BCUT2D eigenvalue weighted by molar-refractivity contribution is 0.0605. The number of sulfonamides is 1. The van der Waals surface area contributed by atoms with Crippen molar-refractivity contribution < 1.29 is 13.2 Å². The van der Waals surface area contributed by atoms with Gasteiger partial charge in [0.2, 0.25) is 0 Å². The maximum Gasteiger partial charge on any atom is 0.261 e. The Labute approximate surface area is 165 Å². The Morgan fingerprint density at radius 3 is 2.61 bits per heavy atom. The molecule has 1 aliphatic rings. The molecule has 0 amide bonds. The van der Waals surface area contributed by atoms with Gasteiger partial charge in [-0.25, -0.2) is 8.42 Å². The van der Waals surface area contributed by atoms with Crippen LogP contribution in [0.5, 0.6) is 0 Å². The minimum Gasteiger partial charge on any atom is -0.381 e. The maximum absolute atomic E-state index is 12.8. The van der Waals surface area contributed by atoms with Crippen molar-refractivity contribution in [3.05, 3.63) is 54.2 Å². The second-order valence-corrected chi connectivity index (χ2v) is 8.94. The third-order valence-corrected chi connectivity index (χ3v) is 6.69. The maximum atomic E-state index is 12.8. The quantitative estimate of drug-likeness (QED) is 0.684. The lowest BCUT2D eigenvalue weighted by atomic mass is 10.0. The summed E-state index contributed by atoms with van der Waals surface area (Å²) in [5, 5.41) is 5.31. The molecule has 28 heavy (non-hydrogen) atoms. The van der Waals surface area contributed by atoms with Crippen LogP contribution in [0.15, 0.2) is 53.6 Å². The van der Waals surface area contributed by atoms with Crippen LogP contribution in [-0.2, 0) is 27.7 Å². The summed E-state index contributed by atoms with van der Waals surface area (Å²) in [7, 11) is -3.65. The van der Waals surface area contributed by atoms with Gasteiger partial charge in [0.05, 0.1) is 16.6 Å². The molecule has 3 aromatic rings. The number of benzene rings is 2. The van der Waals surface area contributed by atoms with Crippen LogP contribution < -0.4 is 4.72 Å². The Morgan fingerprint density at radius 2 is 1.89 bits per heavy atom. The van der Waals surface area contributed by atoms with E-state index in [1.54, 1.807) is 30.5 Å². The molecule has 0 radical (unpaired) electrons. The third-order valence-electron chi connectivity index (χ3n) is 5.31. The first kappa shape index (κ1) is 19.0.